The second-order valence-electron chi connectivity index (χ2n) is 4.74. The highest BCUT2D eigenvalue weighted by atomic mass is 32.1. The van der Waals surface area contributed by atoms with Crippen LogP contribution in [0.15, 0.2) is 41.8 Å². The number of para-hydroxylation sites is 2. The Morgan fingerprint density at radius 1 is 1.12 bits per heavy atom. The summed E-state index contributed by atoms with van der Waals surface area (Å²) >= 11 is 1.21. The second-order valence-corrected chi connectivity index (χ2v) is 5.69. The van der Waals surface area contributed by atoms with Gasteiger partial charge < -0.3 is 20.1 Å². The summed E-state index contributed by atoms with van der Waals surface area (Å²) < 4.78 is 33.6. The van der Waals surface area contributed by atoms with Gasteiger partial charge in [-0.3, -0.25) is 14.4 Å². The Morgan fingerprint density at radius 2 is 1.88 bits per heavy atom. The van der Waals surface area contributed by atoms with Gasteiger partial charge in [0.25, 0.3) is 11.8 Å². The molecule has 1 heterocycles. The molecule has 0 atom stereocenters. The predicted octanol–water partition coefficient (Wildman–Crippen LogP) is 2.26. The van der Waals surface area contributed by atoms with Gasteiger partial charge in [0.05, 0.1) is 10.6 Å². The monoisotopic (exact) mass is 384 g/mol. The van der Waals surface area contributed by atoms with E-state index in [1.54, 1.807) is 17.5 Å². The van der Waals surface area contributed by atoms with E-state index >= 15 is 0 Å². The van der Waals surface area contributed by atoms with Gasteiger partial charge in [-0.25, -0.2) is 0 Å². The maximum absolute atomic E-state index is 12.3. The molecule has 1 aromatic carbocycles. The Hall–Kier alpha value is -3.01. The summed E-state index contributed by atoms with van der Waals surface area (Å²) in [5.74, 6) is -2.21. The minimum absolute atomic E-state index is 0.0137. The molecule has 0 aliphatic rings. The highest BCUT2D eigenvalue weighted by Gasteiger charge is 2.14. The maximum Gasteiger partial charge on any atom is 0.387 e. The zero-order valence-electron chi connectivity index (χ0n) is 13.2. The number of amides is 2. The number of carbonyl (C=O) groups excluding carboxylic acids is 3. The molecule has 0 unspecified atom stereocenters. The summed E-state index contributed by atoms with van der Waals surface area (Å²) in [5, 5.41) is 6.36. The topological polar surface area (TPSA) is 93.7 Å². The molecule has 0 bridgehead atoms. The lowest BCUT2D eigenvalue weighted by Gasteiger charge is -2.11. The van der Waals surface area contributed by atoms with Gasteiger partial charge in [-0.1, -0.05) is 18.2 Å². The molecular formula is C16H14F2N2O5S. The van der Waals surface area contributed by atoms with Gasteiger partial charge in [0.15, 0.2) is 6.61 Å². The van der Waals surface area contributed by atoms with E-state index < -0.39 is 37.5 Å². The fourth-order valence-electron chi connectivity index (χ4n) is 1.80. The molecule has 2 N–H and O–H groups in total. The molecule has 2 aromatic rings. The van der Waals surface area contributed by atoms with Crippen LogP contribution >= 0.6 is 11.3 Å². The van der Waals surface area contributed by atoms with Crippen molar-refractivity contribution in [2.45, 2.75) is 6.61 Å². The van der Waals surface area contributed by atoms with Crippen molar-refractivity contribution in [3.05, 3.63) is 46.7 Å². The van der Waals surface area contributed by atoms with E-state index in [-0.39, 0.29) is 11.4 Å². The zero-order valence-corrected chi connectivity index (χ0v) is 14.1. The van der Waals surface area contributed by atoms with Crippen molar-refractivity contribution in [2.24, 2.45) is 0 Å². The van der Waals surface area contributed by atoms with Crippen molar-refractivity contribution < 1.29 is 32.6 Å². The van der Waals surface area contributed by atoms with Crippen molar-refractivity contribution in [3.63, 3.8) is 0 Å². The SMILES string of the molecule is O=C(COC(=O)CNC(=O)c1cccs1)Nc1ccccc1OC(F)F. The average Bonchev–Trinajstić information content (AvgIpc) is 3.14. The zero-order chi connectivity index (χ0) is 18.9. The number of anilines is 1. The number of thiophene rings is 1. The Morgan fingerprint density at radius 3 is 2.58 bits per heavy atom. The summed E-state index contributed by atoms with van der Waals surface area (Å²) in [4.78, 5) is 35.4. The van der Waals surface area contributed by atoms with Crippen LogP contribution < -0.4 is 15.4 Å². The van der Waals surface area contributed by atoms with E-state index in [9.17, 15) is 23.2 Å². The Kier molecular flexibility index (Phi) is 7.03. The maximum atomic E-state index is 12.3. The molecule has 26 heavy (non-hydrogen) atoms. The fourth-order valence-corrected chi connectivity index (χ4v) is 2.44. The molecule has 2 amide bonds. The highest BCUT2D eigenvalue weighted by Crippen LogP contribution is 2.25. The Labute approximate surface area is 150 Å². The van der Waals surface area contributed by atoms with Crippen LogP contribution in [0.1, 0.15) is 9.67 Å². The lowest BCUT2D eigenvalue weighted by Crippen LogP contribution is -2.31. The van der Waals surface area contributed by atoms with Gasteiger partial charge in [0.2, 0.25) is 0 Å². The average molecular weight is 384 g/mol. The Bertz CT molecular complexity index is 768. The molecule has 2 rings (SSSR count). The van der Waals surface area contributed by atoms with Gasteiger partial charge in [-0.05, 0) is 23.6 Å². The normalized spacial score (nSPS) is 10.3. The summed E-state index contributed by atoms with van der Waals surface area (Å²) in [6.45, 7) is -4.09. The number of alkyl halides is 2. The molecule has 0 saturated heterocycles. The van der Waals surface area contributed by atoms with E-state index in [0.29, 0.717) is 4.88 Å². The third kappa shape index (κ3) is 6.13. The van der Waals surface area contributed by atoms with Crippen LogP contribution in [0.3, 0.4) is 0 Å². The number of ether oxygens (including phenoxy) is 2. The summed E-state index contributed by atoms with van der Waals surface area (Å²) in [6, 6.07) is 8.88. The quantitative estimate of drug-likeness (QED) is 0.681. The molecule has 1 aromatic heterocycles. The summed E-state index contributed by atoms with van der Waals surface area (Å²) in [7, 11) is 0. The lowest BCUT2D eigenvalue weighted by atomic mass is 10.3. The van der Waals surface area contributed by atoms with Gasteiger partial charge >= 0.3 is 12.6 Å². The molecule has 10 heteroatoms. The first-order valence-electron chi connectivity index (χ1n) is 7.26. The molecular weight excluding hydrogens is 370 g/mol. The fraction of sp³-hybridized carbons (Fsp3) is 0.188. The van der Waals surface area contributed by atoms with E-state index in [1.807, 2.05) is 0 Å². The Balaban J connectivity index is 1.76. The van der Waals surface area contributed by atoms with E-state index in [0.717, 1.165) is 0 Å². The van der Waals surface area contributed by atoms with Gasteiger partial charge in [0, 0.05) is 0 Å². The third-order valence-electron chi connectivity index (χ3n) is 2.88. The van der Waals surface area contributed by atoms with Crippen LogP contribution in [0.4, 0.5) is 14.5 Å². The van der Waals surface area contributed by atoms with Crippen molar-refractivity contribution in [1.29, 1.82) is 0 Å². The second kappa shape index (κ2) is 9.47. The first kappa shape index (κ1) is 19.3. The molecule has 0 aliphatic carbocycles. The summed E-state index contributed by atoms with van der Waals surface area (Å²) in [5.41, 5.74) is 0.0137. The number of hydrogen-bond donors (Lipinski definition) is 2. The number of nitrogens with one attached hydrogen (secondary N) is 2. The third-order valence-corrected chi connectivity index (χ3v) is 3.75. The lowest BCUT2D eigenvalue weighted by molar-refractivity contribution is -0.146. The molecule has 7 nitrogen and oxygen atoms in total. The van der Waals surface area contributed by atoms with Crippen molar-refractivity contribution >= 4 is 34.8 Å². The predicted molar refractivity (Wildman–Crippen MR) is 89.3 cm³/mol. The van der Waals surface area contributed by atoms with Crippen LogP contribution in [0.25, 0.3) is 0 Å². The number of carbonyl (C=O) groups is 3. The van der Waals surface area contributed by atoms with Gasteiger partial charge in [-0.15, -0.1) is 11.3 Å². The number of benzene rings is 1. The molecule has 0 radical (unpaired) electrons. The van der Waals surface area contributed by atoms with Crippen molar-refractivity contribution in [2.75, 3.05) is 18.5 Å². The van der Waals surface area contributed by atoms with Gasteiger partial charge in [-0.2, -0.15) is 8.78 Å². The standard InChI is InChI=1S/C16H14F2N2O5S/c17-16(18)25-11-5-2-1-4-10(11)20-13(21)9-24-14(22)8-19-15(23)12-6-3-7-26-12/h1-7,16H,8-9H2,(H,19,23)(H,20,21). The van der Waals surface area contributed by atoms with E-state index in [2.05, 4.69) is 15.4 Å². The van der Waals surface area contributed by atoms with Crippen LogP contribution in [-0.2, 0) is 14.3 Å². The van der Waals surface area contributed by atoms with Gasteiger partial charge in [0.1, 0.15) is 12.3 Å². The number of halogens is 2. The molecule has 0 spiro atoms. The van der Waals surface area contributed by atoms with Crippen LogP contribution in [0.2, 0.25) is 0 Å². The van der Waals surface area contributed by atoms with Crippen LogP contribution in [-0.4, -0.2) is 37.5 Å². The smallest absolute Gasteiger partial charge is 0.387 e. The number of rotatable bonds is 8. The van der Waals surface area contributed by atoms with Crippen LogP contribution in [0, 0.1) is 0 Å². The molecule has 0 saturated carbocycles. The van der Waals surface area contributed by atoms with Crippen molar-refractivity contribution in [1.82, 2.24) is 5.32 Å². The minimum Gasteiger partial charge on any atom is -0.454 e. The highest BCUT2D eigenvalue weighted by molar-refractivity contribution is 7.12. The number of esters is 1. The van der Waals surface area contributed by atoms with E-state index in [4.69, 9.17) is 4.74 Å². The summed E-state index contributed by atoms with van der Waals surface area (Å²) in [6.07, 6.45) is 0. The first-order chi connectivity index (χ1) is 12.5. The molecule has 0 fully saturated rings. The largest absolute Gasteiger partial charge is 0.454 e. The molecule has 138 valence electrons. The number of hydrogen-bond acceptors (Lipinski definition) is 6. The van der Waals surface area contributed by atoms with E-state index in [1.165, 1.54) is 35.6 Å². The van der Waals surface area contributed by atoms with Crippen molar-refractivity contribution in [3.8, 4) is 5.75 Å². The first-order valence-corrected chi connectivity index (χ1v) is 8.14. The molecule has 0 aliphatic heterocycles. The minimum atomic E-state index is -3.04. The van der Waals surface area contributed by atoms with Crippen LogP contribution in [0.5, 0.6) is 5.75 Å².